The molecule has 0 unspecified atom stereocenters. The molecule has 0 aliphatic carbocycles. The number of carbonyl (C=O) groups is 2. The van der Waals surface area contributed by atoms with Crippen molar-refractivity contribution < 1.29 is 24.2 Å². The fourth-order valence-electron chi connectivity index (χ4n) is 3.06. The standard InChI is InChI=1S/C24H23NO5/c1-17-10-12-18(13-11-17)23(28)20-8-5-15-25(20)14-4-7-19-6-3-9-21(24(19)29-2)30-16-22(26)27/h3-13,15H,14,16H2,1-2H3,(H,26,27)/b7-4+. The lowest BCUT2D eigenvalue weighted by molar-refractivity contribution is -0.139. The van der Waals surface area contributed by atoms with E-state index in [0.717, 1.165) is 11.1 Å². The van der Waals surface area contributed by atoms with Gasteiger partial charge in [0.2, 0.25) is 5.78 Å². The molecule has 0 spiro atoms. The number of rotatable bonds is 9. The van der Waals surface area contributed by atoms with Gasteiger partial charge >= 0.3 is 5.97 Å². The van der Waals surface area contributed by atoms with Gasteiger partial charge in [-0.2, -0.15) is 0 Å². The Balaban J connectivity index is 1.76. The number of aromatic nitrogens is 1. The minimum atomic E-state index is -1.06. The number of methoxy groups -OCH3 is 1. The molecule has 3 aromatic rings. The molecule has 6 nitrogen and oxygen atoms in total. The second-order valence-corrected chi connectivity index (χ2v) is 6.70. The Morgan fingerprint density at radius 1 is 1.07 bits per heavy atom. The molecule has 6 heteroatoms. The minimum Gasteiger partial charge on any atom is -0.492 e. The molecular weight excluding hydrogens is 382 g/mol. The summed E-state index contributed by atoms with van der Waals surface area (Å²) in [5, 5.41) is 8.81. The molecule has 0 fully saturated rings. The van der Waals surface area contributed by atoms with Crippen molar-refractivity contribution in [2.24, 2.45) is 0 Å². The highest BCUT2D eigenvalue weighted by atomic mass is 16.5. The summed E-state index contributed by atoms with van der Waals surface area (Å²) < 4.78 is 12.5. The third-order valence-electron chi connectivity index (χ3n) is 4.54. The van der Waals surface area contributed by atoms with Crippen LogP contribution >= 0.6 is 0 Å². The lowest BCUT2D eigenvalue weighted by Gasteiger charge is -2.11. The smallest absolute Gasteiger partial charge is 0.341 e. The largest absolute Gasteiger partial charge is 0.492 e. The number of carboxylic acids is 1. The van der Waals surface area contributed by atoms with Crippen molar-refractivity contribution in [2.75, 3.05) is 13.7 Å². The van der Waals surface area contributed by atoms with Gasteiger partial charge in [-0.3, -0.25) is 4.79 Å². The first kappa shape index (κ1) is 20.9. The summed E-state index contributed by atoms with van der Waals surface area (Å²) in [5.74, 6) is -0.275. The van der Waals surface area contributed by atoms with Gasteiger partial charge in [-0.25, -0.2) is 4.79 Å². The van der Waals surface area contributed by atoms with Gasteiger partial charge in [-0.15, -0.1) is 0 Å². The summed E-state index contributed by atoms with van der Waals surface area (Å²) in [7, 11) is 1.50. The molecule has 0 amide bonds. The zero-order valence-corrected chi connectivity index (χ0v) is 16.9. The van der Waals surface area contributed by atoms with Gasteiger partial charge < -0.3 is 19.1 Å². The monoisotopic (exact) mass is 405 g/mol. The van der Waals surface area contributed by atoms with Crippen LogP contribution < -0.4 is 9.47 Å². The van der Waals surface area contributed by atoms with Crippen LogP contribution in [0.25, 0.3) is 6.08 Å². The number of aliphatic carboxylic acids is 1. The van der Waals surface area contributed by atoms with Crippen molar-refractivity contribution >= 4 is 17.8 Å². The first-order valence-electron chi connectivity index (χ1n) is 9.44. The molecule has 1 heterocycles. The van der Waals surface area contributed by atoms with Crippen molar-refractivity contribution in [3.05, 3.63) is 89.3 Å². The number of ketones is 1. The predicted octanol–water partition coefficient (Wildman–Crippen LogP) is 4.21. The van der Waals surface area contributed by atoms with Crippen LogP contribution in [0.4, 0.5) is 0 Å². The lowest BCUT2D eigenvalue weighted by atomic mass is 10.1. The van der Waals surface area contributed by atoms with Crippen LogP contribution in [0.2, 0.25) is 0 Å². The number of carbonyl (C=O) groups excluding carboxylic acids is 1. The Labute approximate surface area is 175 Å². The number of carboxylic acid groups (broad SMARTS) is 1. The fourth-order valence-corrected chi connectivity index (χ4v) is 3.06. The molecule has 1 N–H and O–H groups in total. The van der Waals surface area contributed by atoms with Crippen LogP contribution in [-0.2, 0) is 11.3 Å². The zero-order chi connectivity index (χ0) is 21.5. The van der Waals surface area contributed by atoms with E-state index in [1.807, 2.05) is 66.2 Å². The van der Waals surface area contributed by atoms with E-state index in [9.17, 15) is 9.59 Å². The maximum atomic E-state index is 12.8. The topological polar surface area (TPSA) is 77.8 Å². The second-order valence-electron chi connectivity index (χ2n) is 6.70. The highest BCUT2D eigenvalue weighted by Crippen LogP contribution is 2.32. The number of nitrogens with zero attached hydrogens (tertiary/aromatic N) is 1. The molecule has 2 aromatic carbocycles. The van der Waals surface area contributed by atoms with E-state index in [0.29, 0.717) is 29.3 Å². The maximum Gasteiger partial charge on any atom is 0.341 e. The van der Waals surface area contributed by atoms with E-state index < -0.39 is 12.6 Å². The Bertz CT molecular complexity index is 1060. The Morgan fingerprint density at radius 2 is 1.83 bits per heavy atom. The first-order chi connectivity index (χ1) is 14.5. The predicted molar refractivity (Wildman–Crippen MR) is 114 cm³/mol. The van der Waals surface area contributed by atoms with Crippen molar-refractivity contribution in [1.29, 1.82) is 0 Å². The molecule has 0 aliphatic heterocycles. The van der Waals surface area contributed by atoms with Gasteiger partial charge in [0.1, 0.15) is 0 Å². The summed E-state index contributed by atoms with van der Waals surface area (Å²) in [6, 6.07) is 16.4. The second kappa shape index (κ2) is 9.60. The van der Waals surface area contributed by atoms with Crippen molar-refractivity contribution in [2.45, 2.75) is 13.5 Å². The van der Waals surface area contributed by atoms with E-state index >= 15 is 0 Å². The Hall–Kier alpha value is -3.80. The van der Waals surface area contributed by atoms with Gasteiger partial charge in [-0.05, 0) is 25.1 Å². The van der Waals surface area contributed by atoms with Gasteiger partial charge in [0, 0.05) is 23.9 Å². The van der Waals surface area contributed by atoms with Gasteiger partial charge in [-0.1, -0.05) is 54.1 Å². The highest BCUT2D eigenvalue weighted by molar-refractivity contribution is 6.08. The van der Waals surface area contributed by atoms with Crippen molar-refractivity contribution in [1.82, 2.24) is 4.57 Å². The third-order valence-corrected chi connectivity index (χ3v) is 4.54. The molecule has 0 saturated carbocycles. The van der Waals surface area contributed by atoms with Gasteiger partial charge in [0.05, 0.1) is 12.8 Å². The molecule has 3 rings (SSSR count). The van der Waals surface area contributed by atoms with Crippen LogP contribution in [0, 0.1) is 6.92 Å². The number of hydrogen-bond acceptors (Lipinski definition) is 4. The molecule has 1 aromatic heterocycles. The van der Waals surface area contributed by atoms with Crippen LogP contribution in [0.15, 0.2) is 66.9 Å². The average Bonchev–Trinajstić information content (AvgIpc) is 3.20. The molecule has 30 heavy (non-hydrogen) atoms. The summed E-state index contributed by atoms with van der Waals surface area (Å²) >= 11 is 0. The number of para-hydroxylation sites is 1. The number of aryl methyl sites for hydroxylation is 1. The van der Waals surface area contributed by atoms with E-state index in [1.165, 1.54) is 7.11 Å². The summed E-state index contributed by atoms with van der Waals surface area (Å²) in [4.78, 5) is 23.6. The van der Waals surface area contributed by atoms with Crippen molar-refractivity contribution in [3.8, 4) is 11.5 Å². The van der Waals surface area contributed by atoms with E-state index in [-0.39, 0.29) is 5.78 Å². The molecule has 0 bridgehead atoms. The summed E-state index contributed by atoms with van der Waals surface area (Å²) in [6.07, 6.45) is 5.62. The third kappa shape index (κ3) is 4.97. The molecular formula is C24H23NO5. The van der Waals surface area contributed by atoms with Crippen LogP contribution in [0.1, 0.15) is 27.2 Å². The summed E-state index contributed by atoms with van der Waals surface area (Å²) in [5.41, 5.74) is 3.11. The summed E-state index contributed by atoms with van der Waals surface area (Å²) in [6.45, 7) is 2.03. The molecule has 0 aliphatic rings. The number of ether oxygens (including phenoxy) is 2. The lowest BCUT2D eigenvalue weighted by Crippen LogP contribution is -2.10. The Kier molecular flexibility index (Phi) is 6.70. The molecule has 154 valence electrons. The highest BCUT2D eigenvalue weighted by Gasteiger charge is 2.13. The van der Waals surface area contributed by atoms with Crippen LogP contribution in [-0.4, -0.2) is 35.1 Å². The quantitative estimate of drug-likeness (QED) is 0.540. The number of benzene rings is 2. The molecule has 0 radical (unpaired) electrons. The minimum absolute atomic E-state index is 0.0324. The van der Waals surface area contributed by atoms with E-state index in [1.54, 1.807) is 18.2 Å². The zero-order valence-electron chi connectivity index (χ0n) is 16.9. The fraction of sp³-hybridized carbons (Fsp3) is 0.167. The average molecular weight is 405 g/mol. The van der Waals surface area contributed by atoms with Crippen LogP contribution in [0.5, 0.6) is 11.5 Å². The van der Waals surface area contributed by atoms with E-state index in [4.69, 9.17) is 14.6 Å². The van der Waals surface area contributed by atoms with E-state index in [2.05, 4.69) is 0 Å². The SMILES string of the molecule is COc1c(/C=C/Cn2cccc2C(=O)c2ccc(C)cc2)cccc1OCC(=O)O. The first-order valence-corrected chi connectivity index (χ1v) is 9.44. The van der Waals surface area contributed by atoms with Crippen LogP contribution in [0.3, 0.4) is 0 Å². The maximum absolute atomic E-state index is 12.8. The number of hydrogen-bond donors (Lipinski definition) is 1. The van der Waals surface area contributed by atoms with Gasteiger partial charge in [0.25, 0.3) is 0 Å². The Morgan fingerprint density at radius 3 is 2.53 bits per heavy atom. The van der Waals surface area contributed by atoms with Gasteiger partial charge in [0.15, 0.2) is 18.1 Å². The molecule has 0 atom stereocenters. The van der Waals surface area contributed by atoms with Crippen molar-refractivity contribution in [3.63, 3.8) is 0 Å². The normalized spacial score (nSPS) is 10.9. The number of allylic oxidation sites excluding steroid dienone is 1. The molecule has 0 saturated heterocycles.